The fourth-order valence-corrected chi connectivity index (χ4v) is 2.82. The molecule has 2 rings (SSSR count). The third-order valence-corrected chi connectivity index (χ3v) is 4.14. The molecule has 3 N–H and O–H groups in total. The lowest BCUT2D eigenvalue weighted by Crippen LogP contribution is -2.12. The van der Waals surface area contributed by atoms with Crippen molar-refractivity contribution in [1.29, 1.82) is 0 Å². The van der Waals surface area contributed by atoms with E-state index in [9.17, 15) is 4.79 Å². The number of amides is 1. The number of benzene rings is 1. The van der Waals surface area contributed by atoms with Crippen LogP contribution in [0.15, 0.2) is 41.6 Å². The van der Waals surface area contributed by atoms with Gasteiger partial charge >= 0.3 is 0 Å². The number of carbonyl (C=O) groups excluding carboxylic acids is 1. The highest BCUT2D eigenvalue weighted by atomic mass is 35.5. The van der Waals surface area contributed by atoms with Crippen LogP contribution < -0.4 is 11.1 Å². The number of hydrogen-bond acceptors (Lipinski definition) is 4. The molecule has 110 valence electrons. The summed E-state index contributed by atoms with van der Waals surface area (Å²) in [6.45, 7) is 0. The molecule has 0 aliphatic carbocycles. The number of aromatic nitrogens is 1. The zero-order chi connectivity index (χ0) is 15.2. The van der Waals surface area contributed by atoms with Gasteiger partial charge in [-0.3, -0.25) is 4.79 Å². The molecule has 21 heavy (non-hydrogen) atoms. The largest absolute Gasteiger partial charge is 0.397 e. The van der Waals surface area contributed by atoms with Crippen molar-refractivity contribution in [3.63, 3.8) is 0 Å². The van der Waals surface area contributed by atoms with Crippen molar-refractivity contribution in [3.05, 3.63) is 46.6 Å². The first kappa shape index (κ1) is 15.9. The first-order valence-electron chi connectivity index (χ1n) is 6.14. The molecule has 2 aromatic rings. The minimum Gasteiger partial charge on any atom is -0.397 e. The van der Waals surface area contributed by atoms with Gasteiger partial charge in [-0.2, -0.15) is 0 Å². The van der Waals surface area contributed by atoms with Crippen LogP contribution in [0.1, 0.15) is 6.42 Å². The summed E-state index contributed by atoms with van der Waals surface area (Å²) in [6.07, 6.45) is 1.92. The third kappa shape index (κ3) is 4.81. The van der Waals surface area contributed by atoms with E-state index in [0.717, 1.165) is 5.03 Å². The van der Waals surface area contributed by atoms with Crippen molar-refractivity contribution in [2.45, 2.75) is 11.4 Å². The molecule has 1 aromatic carbocycles. The van der Waals surface area contributed by atoms with Gasteiger partial charge in [-0.25, -0.2) is 4.98 Å². The summed E-state index contributed by atoms with van der Waals surface area (Å²) in [5.74, 6) is 0.457. The lowest BCUT2D eigenvalue weighted by molar-refractivity contribution is -0.115. The van der Waals surface area contributed by atoms with Gasteiger partial charge in [0.2, 0.25) is 5.91 Å². The molecule has 1 aromatic heterocycles. The normalized spacial score (nSPS) is 10.4. The zero-order valence-electron chi connectivity index (χ0n) is 11.0. The van der Waals surface area contributed by atoms with Crippen LogP contribution in [0.5, 0.6) is 0 Å². The van der Waals surface area contributed by atoms with Gasteiger partial charge in [0.25, 0.3) is 0 Å². The molecule has 0 radical (unpaired) electrons. The van der Waals surface area contributed by atoms with E-state index in [4.69, 9.17) is 28.9 Å². The first-order valence-corrected chi connectivity index (χ1v) is 7.88. The monoisotopic (exact) mass is 341 g/mol. The first-order chi connectivity index (χ1) is 10.1. The molecule has 0 fully saturated rings. The molecule has 0 saturated carbocycles. The Morgan fingerprint density at radius 2 is 1.95 bits per heavy atom. The topological polar surface area (TPSA) is 68.0 Å². The predicted molar refractivity (Wildman–Crippen MR) is 89.1 cm³/mol. The fraction of sp³-hybridized carbons (Fsp3) is 0.143. The molecule has 0 atom stereocenters. The van der Waals surface area contributed by atoms with Gasteiger partial charge in [0.15, 0.2) is 0 Å². The van der Waals surface area contributed by atoms with Gasteiger partial charge in [0.1, 0.15) is 0 Å². The SMILES string of the molecule is Nc1ccc(SCCC(=O)Nc2c(Cl)cccc2Cl)nc1. The molecule has 4 nitrogen and oxygen atoms in total. The number of carbonyl (C=O) groups is 1. The molecular weight excluding hydrogens is 329 g/mol. The third-order valence-electron chi connectivity index (χ3n) is 2.57. The van der Waals surface area contributed by atoms with Gasteiger partial charge in [0.05, 0.1) is 32.6 Å². The minimum atomic E-state index is -0.145. The maximum Gasteiger partial charge on any atom is 0.225 e. The molecule has 0 aliphatic rings. The van der Waals surface area contributed by atoms with Crippen LogP contribution in [-0.4, -0.2) is 16.6 Å². The fourth-order valence-electron chi connectivity index (χ4n) is 1.54. The number of nitrogen functional groups attached to an aromatic ring is 1. The Hall–Kier alpha value is -1.43. The Bertz CT molecular complexity index is 614. The van der Waals surface area contributed by atoms with E-state index in [1.54, 1.807) is 30.5 Å². The molecule has 0 aliphatic heterocycles. The van der Waals surface area contributed by atoms with Crippen molar-refractivity contribution >= 4 is 52.2 Å². The molecule has 0 bridgehead atoms. The van der Waals surface area contributed by atoms with Gasteiger partial charge in [-0.05, 0) is 24.3 Å². The van der Waals surface area contributed by atoms with Gasteiger partial charge < -0.3 is 11.1 Å². The molecule has 0 spiro atoms. The van der Waals surface area contributed by atoms with Crippen LogP contribution in [0.25, 0.3) is 0 Å². The van der Waals surface area contributed by atoms with Gasteiger partial charge in [0, 0.05) is 12.2 Å². The molecule has 1 heterocycles. The van der Waals surface area contributed by atoms with Crippen molar-refractivity contribution < 1.29 is 4.79 Å². The highest BCUT2D eigenvalue weighted by Crippen LogP contribution is 2.30. The number of hydrogen-bond donors (Lipinski definition) is 2. The van der Waals surface area contributed by atoms with Crippen LogP contribution >= 0.6 is 35.0 Å². The number of nitrogens with two attached hydrogens (primary N) is 1. The number of nitrogens with one attached hydrogen (secondary N) is 1. The lowest BCUT2D eigenvalue weighted by Gasteiger charge is -2.08. The molecule has 0 unspecified atom stereocenters. The maximum absolute atomic E-state index is 11.9. The summed E-state index contributed by atoms with van der Waals surface area (Å²) in [4.78, 5) is 16.0. The predicted octanol–water partition coefficient (Wildman–Crippen LogP) is 4.09. The summed E-state index contributed by atoms with van der Waals surface area (Å²) in [5.41, 5.74) is 6.62. The average Bonchev–Trinajstić information content (AvgIpc) is 2.45. The molecule has 0 saturated heterocycles. The maximum atomic E-state index is 11.9. The summed E-state index contributed by atoms with van der Waals surface area (Å²) < 4.78 is 0. The molecule has 7 heteroatoms. The highest BCUT2D eigenvalue weighted by molar-refractivity contribution is 7.99. The Kier molecular flexibility index (Phi) is 5.73. The zero-order valence-corrected chi connectivity index (χ0v) is 13.3. The van der Waals surface area contributed by atoms with E-state index >= 15 is 0 Å². The van der Waals surface area contributed by atoms with Crippen LogP contribution in [0, 0.1) is 0 Å². The number of nitrogens with zero attached hydrogens (tertiary/aromatic N) is 1. The van der Waals surface area contributed by atoms with Gasteiger partial charge in [-0.1, -0.05) is 29.3 Å². The summed E-state index contributed by atoms with van der Waals surface area (Å²) in [5, 5.41) is 4.38. The minimum absolute atomic E-state index is 0.145. The summed E-state index contributed by atoms with van der Waals surface area (Å²) >= 11 is 13.5. The number of thioether (sulfide) groups is 1. The second kappa shape index (κ2) is 7.54. The highest BCUT2D eigenvalue weighted by Gasteiger charge is 2.09. The summed E-state index contributed by atoms with van der Waals surface area (Å²) in [6, 6.07) is 8.68. The number of rotatable bonds is 5. The Morgan fingerprint density at radius 3 is 2.57 bits per heavy atom. The quantitative estimate of drug-likeness (QED) is 0.803. The van der Waals surface area contributed by atoms with Crippen LogP contribution in [-0.2, 0) is 4.79 Å². The standard InChI is InChI=1S/C14H13Cl2N3OS/c15-10-2-1-3-11(16)14(10)19-12(20)6-7-21-13-5-4-9(17)8-18-13/h1-5,8H,6-7,17H2,(H,19,20). The number of anilines is 2. The Balaban J connectivity index is 1.84. The number of para-hydroxylation sites is 1. The average molecular weight is 342 g/mol. The van der Waals surface area contributed by atoms with E-state index in [1.807, 2.05) is 6.07 Å². The van der Waals surface area contributed by atoms with Crippen molar-refractivity contribution in [2.75, 3.05) is 16.8 Å². The lowest BCUT2D eigenvalue weighted by atomic mass is 10.3. The smallest absolute Gasteiger partial charge is 0.225 e. The van der Waals surface area contributed by atoms with E-state index < -0.39 is 0 Å². The second-order valence-corrected chi connectivity index (χ2v) is 6.10. The van der Waals surface area contributed by atoms with Crippen molar-refractivity contribution in [2.24, 2.45) is 0 Å². The van der Waals surface area contributed by atoms with E-state index in [1.165, 1.54) is 11.8 Å². The molecular formula is C14H13Cl2N3OS. The van der Waals surface area contributed by atoms with E-state index in [0.29, 0.717) is 33.6 Å². The number of pyridine rings is 1. The Labute approximate surface area is 137 Å². The van der Waals surface area contributed by atoms with Crippen LogP contribution in [0.2, 0.25) is 10.0 Å². The van der Waals surface area contributed by atoms with Crippen LogP contribution in [0.3, 0.4) is 0 Å². The van der Waals surface area contributed by atoms with Gasteiger partial charge in [-0.15, -0.1) is 11.8 Å². The molecule has 1 amide bonds. The van der Waals surface area contributed by atoms with E-state index in [2.05, 4.69) is 10.3 Å². The summed E-state index contributed by atoms with van der Waals surface area (Å²) in [7, 11) is 0. The second-order valence-electron chi connectivity index (χ2n) is 4.17. The van der Waals surface area contributed by atoms with Crippen LogP contribution in [0.4, 0.5) is 11.4 Å². The van der Waals surface area contributed by atoms with E-state index in [-0.39, 0.29) is 5.91 Å². The van der Waals surface area contributed by atoms with Crippen molar-refractivity contribution in [3.8, 4) is 0 Å². The van der Waals surface area contributed by atoms with Crippen molar-refractivity contribution in [1.82, 2.24) is 4.98 Å². The number of halogens is 2. The Morgan fingerprint density at radius 1 is 1.24 bits per heavy atom.